The van der Waals surface area contributed by atoms with Gasteiger partial charge in [0.1, 0.15) is 11.5 Å². The predicted molar refractivity (Wildman–Crippen MR) is 59.6 cm³/mol. The Morgan fingerprint density at radius 3 is 2.75 bits per heavy atom. The molecule has 84 valence electrons. The van der Waals surface area contributed by atoms with Crippen molar-refractivity contribution in [1.29, 1.82) is 0 Å². The minimum absolute atomic E-state index is 0.343. The zero-order valence-electron chi connectivity index (χ0n) is 9.02. The van der Waals surface area contributed by atoms with E-state index in [1.165, 1.54) is 11.8 Å². The third-order valence-corrected chi connectivity index (χ3v) is 3.00. The molecule has 0 aliphatic rings. The molecule has 16 heavy (non-hydrogen) atoms. The summed E-state index contributed by atoms with van der Waals surface area (Å²) < 4.78 is 10.6. The SMILES string of the molecule is Cc1nc(SCc2ccc(C=O)o2)oc1C. The summed E-state index contributed by atoms with van der Waals surface area (Å²) in [5, 5.41) is 0.624. The first-order chi connectivity index (χ1) is 7.69. The van der Waals surface area contributed by atoms with E-state index in [0.29, 0.717) is 23.0 Å². The summed E-state index contributed by atoms with van der Waals surface area (Å²) >= 11 is 1.44. The van der Waals surface area contributed by atoms with Crippen LogP contribution in [0.3, 0.4) is 0 Å². The fraction of sp³-hybridized carbons (Fsp3) is 0.273. The van der Waals surface area contributed by atoms with E-state index in [4.69, 9.17) is 8.83 Å². The van der Waals surface area contributed by atoms with Crippen molar-refractivity contribution in [2.24, 2.45) is 0 Å². The Labute approximate surface area is 97.0 Å². The zero-order valence-corrected chi connectivity index (χ0v) is 9.84. The number of carbonyl (C=O) groups excluding carboxylic acids is 1. The highest BCUT2D eigenvalue weighted by molar-refractivity contribution is 7.98. The third kappa shape index (κ3) is 2.36. The van der Waals surface area contributed by atoms with Gasteiger partial charge in [0, 0.05) is 0 Å². The molecule has 0 aliphatic heterocycles. The topological polar surface area (TPSA) is 56.2 Å². The lowest BCUT2D eigenvalue weighted by atomic mass is 10.4. The van der Waals surface area contributed by atoms with E-state index in [2.05, 4.69) is 4.98 Å². The van der Waals surface area contributed by atoms with E-state index in [-0.39, 0.29) is 0 Å². The van der Waals surface area contributed by atoms with Gasteiger partial charge in [-0.05, 0) is 26.0 Å². The quantitative estimate of drug-likeness (QED) is 0.604. The van der Waals surface area contributed by atoms with Crippen LogP contribution in [-0.4, -0.2) is 11.3 Å². The number of oxazole rings is 1. The summed E-state index contributed by atoms with van der Waals surface area (Å²) in [4.78, 5) is 14.6. The first-order valence-electron chi connectivity index (χ1n) is 4.80. The average molecular weight is 237 g/mol. The first kappa shape index (κ1) is 11.0. The van der Waals surface area contributed by atoms with Crippen LogP contribution in [0.4, 0.5) is 0 Å². The highest BCUT2D eigenvalue weighted by Crippen LogP contribution is 2.24. The number of furan rings is 1. The molecule has 2 heterocycles. The van der Waals surface area contributed by atoms with E-state index >= 15 is 0 Å². The zero-order chi connectivity index (χ0) is 11.5. The Kier molecular flexibility index (Phi) is 3.14. The minimum atomic E-state index is 0.343. The summed E-state index contributed by atoms with van der Waals surface area (Å²) in [5.41, 5.74) is 0.899. The van der Waals surface area contributed by atoms with Gasteiger partial charge in [-0.15, -0.1) is 0 Å². The molecule has 0 unspecified atom stereocenters. The highest BCUT2D eigenvalue weighted by Gasteiger charge is 2.08. The molecular formula is C11H11NO3S. The standard InChI is InChI=1S/C11H11NO3S/c1-7-8(2)14-11(12-7)16-6-10-4-3-9(5-13)15-10/h3-5H,6H2,1-2H3. The lowest BCUT2D eigenvalue weighted by molar-refractivity contribution is 0.109. The molecule has 0 radical (unpaired) electrons. The molecule has 4 nitrogen and oxygen atoms in total. The van der Waals surface area contributed by atoms with Gasteiger partial charge in [-0.1, -0.05) is 11.8 Å². The smallest absolute Gasteiger partial charge is 0.256 e. The van der Waals surface area contributed by atoms with E-state index in [1.54, 1.807) is 12.1 Å². The molecule has 0 bridgehead atoms. The number of hydrogen-bond acceptors (Lipinski definition) is 5. The van der Waals surface area contributed by atoms with Gasteiger partial charge in [0.05, 0.1) is 11.4 Å². The van der Waals surface area contributed by atoms with Crippen LogP contribution in [0.2, 0.25) is 0 Å². The van der Waals surface area contributed by atoms with Crippen molar-refractivity contribution < 1.29 is 13.6 Å². The van der Waals surface area contributed by atoms with Crippen molar-refractivity contribution in [3.8, 4) is 0 Å². The van der Waals surface area contributed by atoms with Crippen LogP contribution in [-0.2, 0) is 5.75 Å². The number of nitrogens with zero attached hydrogens (tertiary/aromatic N) is 1. The average Bonchev–Trinajstić information content (AvgIpc) is 2.84. The van der Waals surface area contributed by atoms with Crippen LogP contribution in [0.25, 0.3) is 0 Å². The molecule has 0 aliphatic carbocycles. The summed E-state index contributed by atoms with van der Waals surface area (Å²) in [5.74, 6) is 2.51. The van der Waals surface area contributed by atoms with Crippen LogP contribution in [0.1, 0.15) is 27.8 Å². The molecular weight excluding hydrogens is 226 g/mol. The Morgan fingerprint density at radius 1 is 1.38 bits per heavy atom. The molecule has 0 fully saturated rings. The van der Waals surface area contributed by atoms with Crippen LogP contribution < -0.4 is 0 Å². The monoisotopic (exact) mass is 237 g/mol. The Morgan fingerprint density at radius 2 is 2.19 bits per heavy atom. The number of carbonyl (C=O) groups is 1. The summed E-state index contributed by atoms with van der Waals surface area (Å²) in [6, 6.07) is 3.42. The molecule has 2 aromatic rings. The van der Waals surface area contributed by atoms with Crippen molar-refractivity contribution in [3.63, 3.8) is 0 Å². The van der Waals surface area contributed by atoms with Crippen LogP contribution in [0.5, 0.6) is 0 Å². The normalized spacial score (nSPS) is 10.6. The Balaban J connectivity index is 1.99. The summed E-state index contributed by atoms with van der Waals surface area (Å²) in [6.45, 7) is 3.78. The number of rotatable bonds is 4. The van der Waals surface area contributed by atoms with Crippen molar-refractivity contribution >= 4 is 18.0 Å². The number of aldehydes is 1. The number of aromatic nitrogens is 1. The Hall–Kier alpha value is -1.49. The fourth-order valence-electron chi connectivity index (χ4n) is 1.17. The highest BCUT2D eigenvalue weighted by atomic mass is 32.2. The molecule has 0 aromatic carbocycles. The van der Waals surface area contributed by atoms with Gasteiger partial charge in [0.2, 0.25) is 0 Å². The van der Waals surface area contributed by atoms with Crippen LogP contribution in [0.15, 0.2) is 26.2 Å². The lowest BCUT2D eigenvalue weighted by Crippen LogP contribution is -1.77. The second kappa shape index (κ2) is 4.57. The maximum Gasteiger partial charge on any atom is 0.256 e. The van der Waals surface area contributed by atoms with Gasteiger partial charge in [-0.3, -0.25) is 4.79 Å². The van der Waals surface area contributed by atoms with Crippen molar-refractivity contribution in [1.82, 2.24) is 4.98 Å². The molecule has 0 spiro atoms. The van der Waals surface area contributed by atoms with Crippen LogP contribution in [0, 0.1) is 13.8 Å². The van der Waals surface area contributed by atoms with Crippen molar-refractivity contribution in [3.05, 3.63) is 35.1 Å². The van der Waals surface area contributed by atoms with Gasteiger partial charge in [0.15, 0.2) is 12.0 Å². The van der Waals surface area contributed by atoms with Gasteiger partial charge in [0.25, 0.3) is 5.22 Å². The molecule has 2 aromatic heterocycles. The lowest BCUT2D eigenvalue weighted by Gasteiger charge is -1.92. The molecule has 5 heteroatoms. The second-order valence-electron chi connectivity index (χ2n) is 3.33. The number of aryl methyl sites for hydroxylation is 2. The first-order valence-corrected chi connectivity index (χ1v) is 5.78. The van der Waals surface area contributed by atoms with Gasteiger partial charge < -0.3 is 8.83 Å². The fourth-order valence-corrected chi connectivity index (χ4v) is 1.98. The molecule has 0 saturated carbocycles. The summed E-state index contributed by atoms with van der Waals surface area (Å²) in [6.07, 6.45) is 0.688. The molecule has 2 rings (SSSR count). The summed E-state index contributed by atoms with van der Waals surface area (Å²) in [7, 11) is 0. The van der Waals surface area contributed by atoms with Gasteiger partial charge in [-0.25, -0.2) is 4.98 Å². The molecule has 0 amide bonds. The maximum absolute atomic E-state index is 10.4. The van der Waals surface area contributed by atoms with E-state index in [9.17, 15) is 4.79 Å². The van der Waals surface area contributed by atoms with E-state index in [1.807, 2.05) is 13.8 Å². The Bertz CT molecular complexity index is 482. The minimum Gasteiger partial charge on any atom is -0.457 e. The van der Waals surface area contributed by atoms with E-state index < -0.39 is 0 Å². The van der Waals surface area contributed by atoms with Crippen molar-refractivity contribution in [2.45, 2.75) is 24.8 Å². The largest absolute Gasteiger partial charge is 0.457 e. The van der Waals surface area contributed by atoms with Crippen molar-refractivity contribution in [2.75, 3.05) is 0 Å². The maximum atomic E-state index is 10.4. The van der Waals surface area contributed by atoms with Crippen LogP contribution >= 0.6 is 11.8 Å². The molecule has 0 saturated heterocycles. The van der Waals surface area contributed by atoms with Gasteiger partial charge >= 0.3 is 0 Å². The van der Waals surface area contributed by atoms with E-state index in [0.717, 1.165) is 17.2 Å². The van der Waals surface area contributed by atoms with Gasteiger partial charge in [-0.2, -0.15) is 0 Å². The third-order valence-electron chi connectivity index (χ3n) is 2.15. The number of thioether (sulfide) groups is 1. The molecule has 0 N–H and O–H groups in total. The molecule has 0 atom stereocenters. The second-order valence-corrected chi connectivity index (χ2v) is 4.26. The number of hydrogen-bond donors (Lipinski definition) is 0. The predicted octanol–water partition coefficient (Wildman–Crippen LogP) is 2.99.